The second kappa shape index (κ2) is 7.68. The van der Waals surface area contributed by atoms with Gasteiger partial charge in [-0.3, -0.25) is 4.79 Å². The summed E-state index contributed by atoms with van der Waals surface area (Å²) in [7, 11) is -4.80. The molecule has 0 bridgehead atoms. The molecule has 1 aromatic heterocycles. The lowest BCUT2D eigenvalue weighted by atomic mass is 10.3. The van der Waals surface area contributed by atoms with E-state index in [4.69, 9.17) is 0 Å². The molecule has 10 heteroatoms. The van der Waals surface area contributed by atoms with Gasteiger partial charge < -0.3 is 5.32 Å². The second-order valence-electron chi connectivity index (χ2n) is 5.09. The highest BCUT2D eigenvalue weighted by Gasteiger charge is 2.29. The van der Waals surface area contributed by atoms with Gasteiger partial charge in [0.2, 0.25) is 15.7 Å². The number of anilines is 1. The second-order valence-corrected chi connectivity index (χ2v) is 9.23. The number of carbonyl (C=O) groups excluding carboxylic acids is 1. The number of fused-ring (bicyclic) bond motifs is 1. The highest BCUT2D eigenvalue weighted by molar-refractivity contribution is 8.01. The van der Waals surface area contributed by atoms with Gasteiger partial charge in [-0.1, -0.05) is 36.0 Å². The minimum Gasteiger partial charge on any atom is -0.324 e. The van der Waals surface area contributed by atoms with Crippen LogP contribution in [0.4, 0.5) is 14.5 Å². The molecular weight excluding hydrogens is 402 g/mol. The molecule has 1 N–H and O–H groups in total. The highest BCUT2D eigenvalue weighted by Crippen LogP contribution is 2.30. The van der Waals surface area contributed by atoms with Gasteiger partial charge in [0.1, 0.15) is 0 Å². The van der Waals surface area contributed by atoms with Gasteiger partial charge in [0.25, 0.3) is 0 Å². The Bertz CT molecular complexity index is 1020. The minimum atomic E-state index is -4.80. The fourth-order valence-electron chi connectivity index (χ4n) is 2.14. The monoisotopic (exact) mass is 414 g/mol. The van der Waals surface area contributed by atoms with Crippen LogP contribution < -0.4 is 5.32 Å². The standard InChI is InChI=1S/C16H12F2N2O3S3/c17-15(18)26(22,23)13-8-4-2-6-11(13)19-14(21)9-24-16-20-10-5-1-3-7-12(10)25-16/h1-8,15H,9H2,(H,19,21). The summed E-state index contributed by atoms with van der Waals surface area (Å²) in [4.78, 5) is 15.9. The number of carbonyl (C=O) groups is 1. The smallest absolute Gasteiger partial charge is 0.324 e. The Morgan fingerprint density at radius 1 is 1.15 bits per heavy atom. The number of aromatic nitrogens is 1. The van der Waals surface area contributed by atoms with E-state index in [0.717, 1.165) is 16.3 Å². The maximum absolute atomic E-state index is 12.8. The summed E-state index contributed by atoms with van der Waals surface area (Å²) >= 11 is 2.62. The zero-order valence-corrected chi connectivity index (χ0v) is 15.5. The first-order valence-electron chi connectivity index (χ1n) is 7.27. The van der Waals surface area contributed by atoms with Crippen LogP contribution in [-0.4, -0.2) is 30.8 Å². The van der Waals surface area contributed by atoms with Gasteiger partial charge in [-0.25, -0.2) is 13.4 Å². The van der Waals surface area contributed by atoms with Crippen LogP contribution in [0.15, 0.2) is 57.8 Å². The average Bonchev–Trinajstić information content (AvgIpc) is 3.03. The fraction of sp³-hybridized carbons (Fsp3) is 0.125. The Kier molecular flexibility index (Phi) is 5.54. The number of amides is 1. The van der Waals surface area contributed by atoms with Crippen molar-refractivity contribution >= 4 is 54.7 Å². The van der Waals surface area contributed by atoms with E-state index in [1.54, 1.807) is 0 Å². The Hall–Kier alpha value is -2.04. The molecule has 2 aromatic carbocycles. The first-order chi connectivity index (χ1) is 12.4. The van der Waals surface area contributed by atoms with E-state index in [1.165, 1.54) is 41.3 Å². The number of thiazole rings is 1. The summed E-state index contributed by atoms with van der Waals surface area (Å²) in [5.74, 6) is -4.09. The molecule has 0 saturated heterocycles. The topological polar surface area (TPSA) is 76.1 Å². The van der Waals surface area contributed by atoms with Crippen LogP contribution in [0.5, 0.6) is 0 Å². The quantitative estimate of drug-likeness (QED) is 0.617. The summed E-state index contributed by atoms with van der Waals surface area (Å²) in [6.45, 7) is 0. The number of hydrogen-bond donors (Lipinski definition) is 1. The number of alkyl halides is 2. The lowest BCUT2D eigenvalue weighted by molar-refractivity contribution is -0.113. The number of sulfone groups is 1. The molecule has 26 heavy (non-hydrogen) atoms. The molecule has 0 aliphatic heterocycles. The van der Waals surface area contributed by atoms with Gasteiger partial charge >= 0.3 is 5.76 Å². The van der Waals surface area contributed by atoms with Gasteiger partial charge in [-0.2, -0.15) is 8.78 Å². The zero-order valence-electron chi connectivity index (χ0n) is 13.1. The van der Waals surface area contributed by atoms with Crippen molar-refractivity contribution in [1.82, 2.24) is 4.98 Å². The molecule has 0 aliphatic rings. The van der Waals surface area contributed by atoms with Crippen LogP contribution in [0, 0.1) is 0 Å². The Labute approximate surface area is 156 Å². The van der Waals surface area contributed by atoms with Crippen LogP contribution in [0.3, 0.4) is 0 Å². The van der Waals surface area contributed by atoms with Crippen molar-refractivity contribution < 1.29 is 22.0 Å². The van der Waals surface area contributed by atoms with Crippen molar-refractivity contribution in [3.63, 3.8) is 0 Å². The van der Waals surface area contributed by atoms with E-state index >= 15 is 0 Å². The largest absolute Gasteiger partial charge is 0.341 e. The SMILES string of the molecule is O=C(CSc1nc2ccccc2s1)Nc1ccccc1S(=O)(=O)C(F)F. The Morgan fingerprint density at radius 3 is 2.58 bits per heavy atom. The van der Waals surface area contributed by atoms with Gasteiger partial charge in [0.05, 0.1) is 26.6 Å². The number of nitrogens with zero attached hydrogens (tertiary/aromatic N) is 1. The molecule has 0 radical (unpaired) electrons. The third kappa shape index (κ3) is 4.02. The van der Waals surface area contributed by atoms with Crippen molar-refractivity contribution in [2.75, 3.05) is 11.1 Å². The van der Waals surface area contributed by atoms with Crippen LogP contribution in [-0.2, 0) is 14.6 Å². The van der Waals surface area contributed by atoms with E-state index < -0.39 is 26.4 Å². The number of benzene rings is 2. The number of nitrogens with one attached hydrogen (secondary N) is 1. The van der Waals surface area contributed by atoms with Gasteiger partial charge in [0.15, 0.2) is 4.34 Å². The molecule has 0 atom stereocenters. The van der Waals surface area contributed by atoms with Crippen molar-refractivity contribution in [1.29, 1.82) is 0 Å². The molecule has 0 fully saturated rings. The third-order valence-corrected chi connectivity index (χ3v) is 6.92. The highest BCUT2D eigenvalue weighted by atomic mass is 32.2. The molecule has 5 nitrogen and oxygen atoms in total. The average molecular weight is 414 g/mol. The van der Waals surface area contributed by atoms with Crippen LogP contribution >= 0.6 is 23.1 Å². The number of rotatable bonds is 6. The van der Waals surface area contributed by atoms with Crippen molar-refractivity contribution in [2.45, 2.75) is 15.0 Å². The molecule has 0 aliphatic carbocycles. The number of hydrogen-bond acceptors (Lipinski definition) is 6. The predicted molar refractivity (Wildman–Crippen MR) is 98.6 cm³/mol. The summed E-state index contributed by atoms with van der Waals surface area (Å²) in [5, 5.41) is 2.38. The van der Waals surface area contributed by atoms with E-state index in [0.29, 0.717) is 4.34 Å². The van der Waals surface area contributed by atoms with Crippen molar-refractivity contribution in [3.8, 4) is 0 Å². The van der Waals surface area contributed by atoms with Crippen LogP contribution in [0.25, 0.3) is 10.2 Å². The van der Waals surface area contributed by atoms with E-state index in [2.05, 4.69) is 10.3 Å². The van der Waals surface area contributed by atoms with Gasteiger partial charge in [-0.05, 0) is 24.3 Å². The summed E-state index contributed by atoms with van der Waals surface area (Å²) in [5.41, 5.74) is 0.663. The molecule has 0 saturated carbocycles. The molecule has 0 unspecified atom stereocenters. The molecule has 1 amide bonds. The molecule has 1 heterocycles. The number of thioether (sulfide) groups is 1. The lowest BCUT2D eigenvalue weighted by Crippen LogP contribution is -2.18. The van der Waals surface area contributed by atoms with Gasteiger partial charge in [0, 0.05) is 0 Å². The summed E-state index contributed by atoms with van der Waals surface area (Å²) in [6.07, 6.45) is 0. The predicted octanol–water partition coefficient (Wildman–Crippen LogP) is 4.02. The summed E-state index contributed by atoms with van der Waals surface area (Å²) < 4.78 is 50.6. The van der Waals surface area contributed by atoms with Crippen LogP contribution in [0.2, 0.25) is 0 Å². The van der Waals surface area contributed by atoms with E-state index in [9.17, 15) is 22.0 Å². The van der Waals surface area contributed by atoms with Gasteiger partial charge in [-0.15, -0.1) is 11.3 Å². The first-order valence-corrected chi connectivity index (χ1v) is 10.6. The molecule has 3 rings (SSSR count). The minimum absolute atomic E-state index is 0.0249. The molecule has 136 valence electrons. The Balaban J connectivity index is 1.71. The van der Waals surface area contributed by atoms with Crippen molar-refractivity contribution in [3.05, 3.63) is 48.5 Å². The van der Waals surface area contributed by atoms with E-state index in [-0.39, 0.29) is 11.4 Å². The van der Waals surface area contributed by atoms with Crippen LogP contribution in [0.1, 0.15) is 0 Å². The van der Waals surface area contributed by atoms with E-state index in [1.807, 2.05) is 24.3 Å². The molecular formula is C16H12F2N2O3S3. The number of halogens is 2. The number of para-hydroxylation sites is 2. The van der Waals surface area contributed by atoms with Crippen molar-refractivity contribution in [2.24, 2.45) is 0 Å². The fourth-order valence-corrected chi connectivity index (χ4v) is 4.89. The zero-order chi connectivity index (χ0) is 18.7. The third-order valence-electron chi connectivity index (χ3n) is 3.30. The Morgan fingerprint density at radius 2 is 1.85 bits per heavy atom. The first kappa shape index (κ1) is 18.7. The summed E-state index contributed by atoms with van der Waals surface area (Å²) in [6, 6.07) is 12.6. The molecule has 0 spiro atoms. The maximum atomic E-state index is 12.8. The normalized spacial score (nSPS) is 11.8. The maximum Gasteiger partial charge on any atom is 0.341 e. The molecule has 3 aromatic rings. The lowest BCUT2D eigenvalue weighted by Gasteiger charge is -2.10.